The largest absolute Gasteiger partial charge is 0.490 e. The molecule has 1 unspecified atom stereocenters. The molecule has 1 amide bonds. The molecule has 190 valence electrons. The number of ether oxygens (including phenoxy) is 3. The molecule has 0 saturated carbocycles. The van der Waals surface area contributed by atoms with Crippen molar-refractivity contribution in [1.82, 2.24) is 4.90 Å². The van der Waals surface area contributed by atoms with Crippen LogP contribution in [0, 0.1) is 5.92 Å². The predicted molar refractivity (Wildman–Crippen MR) is 129 cm³/mol. The SMILES string of the molecule is CN1C(=O)C2(Cc3c(OCC(O)CN4CCC(Cc5ccccc5)CC4)cccc31)OC(=O)C(=O)O2. The number of aliphatic hydroxyl groups excluding tert-OH is 1. The summed E-state index contributed by atoms with van der Waals surface area (Å²) in [6, 6.07) is 15.7. The van der Waals surface area contributed by atoms with Crippen LogP contribution in [0.2, 0.25) is 0 Å². The smallest absolute Gasteiger partial charge is 0.421 e. The molecule has 9 nitrogen and oxygen atoms in total. The van der Waals surface area contributed by atoms with Gasteiger partial charge in [-0.05, 0) is 56.0 Å². The van der Waals surface area contributed by atoms with Gasteiger partial charge in [0.2, 0.25) is 0 Å². The molecule has 2 aromatic rings. The third-order valence-electron chi connectivity index (χ3n) is 7.17. The number of β-amino-alcohol motifs (C(OH)–C–C–N with tert-alkyl or cyclic N) is 1. The number of hydrogen-bond donors (Lipinski definition) is 1. The molecule has 1 N–H and O–H groups in total. The highest BCUT2D eigenvalue weighted by Crippen LogP contribution is 2.41. The first kappa shape index (κ1) is 24.3. The zero-order valence-corrected chi connectivity index (χ0v) is 20.2. The lowest BCUT2D eigenvalue weighted by Gasteiger charge is -2.36. The van der Waals surface area contributed by atoms with Gasteiger partial charge >= 0.3 is 23.6 Å². The van der Waals surface area contributed by atoms with Crippen LogP contribution in [-0.4, -0.2) is 73.0 Å². The van der Waals surface area contributed by atoms with Gasteiger partial charge in [0.15, 0.2) is 0 Å². The first-order valence-electron chi connectivity index (χ1n) is 12.3. The van der Waals surface area contributed by atoms with Crippen molar-refractivity contribution in [2.75, 3.05) is 38.2 Å². The van der Waals surface area contributed by atoms with Gasteiger partial charge in [-0.2, -0.15) is 0 Å². The second-order valence-electron chi connectivity index (χ2n) is 9.73. The first-order chi connectivity index (χ1) is 17.3. The van der Waals surface area contributed by atoms with Gasteiger partial charge in [0.05, 0.1) is 12.1 Å². The van der Waals surface area contributed by atoms with Crippen molar-refractivity contribution in [3.63, 3.8) is 0 Å². The molecular formula is C27H30N2O7. The van der Waals surface area contributed by atoms with Crippen molar-refractivity contribution in [1.29, 1.82) is 0 Å². The van der Waals surface area contributed by atoms with Gasteiger partial charge in [-0.25, -0.2) is 9.59 Å². The highest BCUT2D eigenvalue weighted by Gasteiger charge is 2.59. The highest BCUT2D eigenvalue weighted by molar-refractivity contribution is 6.32. The van der Waals surface area contributed by atoms with Crippen molar-refractivity contribution < 1.29 is 33.7 Å². The summed E-state index contributed by atoms with van der Waals surface area (Å²) >= 11 is 0. The fourth-order valence-corrected chi connectivity index (χ4v) is 5.27. The van der Waals surface area contributed by atoms with Crippen molar-refractivity contribution in [2.24, 2.45) is 5.92 Å². The fraction of sp³-hybridized carbons (Fsp3) is 0.444. The summed E-state index contributed by atoms with van der Waals surface area (Å²) in [6.07, 6.45) is 2.42. The molecule has 3 aliphatic heterocycles. The van der Waals surface area contributed by atoms with Crippen LogP contribution < -0.4 is 9.64 Å². The van der Waals surface area contributed by atoms with Gasteiger partial charge in [0, 0.05) is 19.2 Å². The quantitative estimate of drug-likeness (QED) is 0.458. The lowest BCUT2D eigenvalue weighted by atomic mass is 9.90. The van der Waals surface area contributed by atoms with E-state index in [-0.39, 0.29) is 13.0 Å². The first-order valence-corrected chi connectivity index (χ1v) is 12.3. The second kappa shape index (κ2) is 9.91. The van der Waals surface area contributed by atoms with Gasteiger partial charge in [0.25, 0.3) is 0 Å². The van der Waals surface area contributed by atoms with Gasteiger partial charge in [-0.15, -0.1) is 0 Å². The van der Waals surface area contributed by atoms with Crippen LogP contribution in [0.3, 0.4) is 0 Å². The van der Waals surface area contributed by atoms with Crippen molar-refractivity contribution in [3.05, 3.63) is 59.7 Å². The number of hydrogen-bond acceptors (Lipinski definition) is 8. The molecule has 0 aromatic heterocycles. The Labute approximate surface area is 209 Å². The maximum atomic E-state index is 12.8. The number of carbonyl (C=O) groups excluding carboxylic acids is 3. The zero-order valence-electron chi connectivity index (χ0n) is 20.2. The number of rotatable bonds is 7. The minimum Gasteiger partial charge on any atom is -0.490 e. The number of likely N-dealkylation sites (N-methyl/N-ethyl adjacent to an activating group) is 1. The number of amides is 1. The van der Waals surface area contributed by atoms with E-state index in [2.05, 4.69) is 29.2 Å². The predicted octanol–water partition coefficient (Wildman–Crippen LogP) is 1.70. The summed E-state index contributed by atoms with van der Waals surface area (Å²) in [5.74, 6) is -3.95. The summed E-state index contributed by atoms with van der Waals surface area (Å²) in [7, 11) is 1.52. The van der Waals surface area contributed by atoms with Crippen LogP contribution in [0.25, 0.3) is 0 Å². The summed E-state index contributed by atoms with van der Waals surface area (Å²) in [4.78, 5) is 39.7. The monoisotopic (exact) mass is 494 g/mol. The summed E-state index contributed by atoms with van der Waals surface area (Å²) in [6.45, 7) is 2.43. The van der Waals surface area contributed by atoms with E-state index < -0.39 is 29.7 Å². The van der Waals surface area contributed by atoms with Gasteiger partial charge in [0.1, 0.15) is 18.5 Å². The Hall–Kier alpha value is -3.43. The number of aliphatic hydroxyl groups is 1. The number of esters is 2. The molecule has 0 radical (unpaired) electrons. The molecule has 9 heteroatoms. The number of piperidine rings is 1. The Kier molecular flexibility index (Phi) is 6.68. The number of benzene rings is 2. The maximum absolute atomic E-state index is 12.8. The van der Waals surface area contributed by atoms with Gasteiger partial charge < -0.3 is 29.1 Å². The van der Waals surface area contributed by atoms with Crippen LogP contribution in [-0.2, 0) is 36.7 Å². The molecule has 2 aromatic carbocycles. The van der Waals surface area contributed by atoms with Gasteiger partial charge in [-0.3, -0.25) is 4.79 Å². The molecular weight excluding hydrogens is 464 g/mol. The second-order valence-corrected chi connectivity index (χ2v) is 9.73. The minimum atomic E-state index is -2.02. The van der Waals surface area contributed by atoms with Crippen LogP contribution >= 0.6 is 0 Å². The number of anilines is 1. The topological polar surface area (TPSA) is 106 Å². The van der Waals surface area contributed by atoms with E-state index in [1.165, 1.54) is 17.5 Å². The van der Waals surface area contributed by atoms with E-state index in [0.717, 1.165) is 32.4 Å². The number of nitrogens with zero attached hydrogens (tertiary/aromatic N) is 2. The van der Waals surface area contributed by atoms with E-state index in [1.54, 1.807) is 18.2 Å². The average Bonchev–Trinajstić information content (AvgIpc) is 3.17. The lowest BCUT2D eigenvalue weighted by molar-refractivity contribution is -0.188. The number of likely N-dealkylation sites (tertiary alicyclic amines) is 1. The van der Waals surface area contributed by atoms with E-state index in [9.17, 15) is 19.5 Å². The molecule has 2 saturated heterocycles. The van der Waals surface area contributed by atoms with E-state index >= 15 is 0 Å². The Balaban J connectivity index is 1.17. The molecule has 5 rings (SSSR count). The lowest BCUT2D eigenvalue weighted by Crippen LogP contribution is -2.54. The minimum absolute atomic E-state index is 0.0602. The molecule has 2 fully saturated rings. The highest BCUT2D eigenvalue weighted by atomic mass is 16.8. The summed E-state index contributed by atoms with van der Waals surface area (Å²) in [5.41, 5.74) is 2.50. The van der Waals surface area contributed by atoms with E-state index in [4.69, 9.17) is 14.2 Å². The van der Waals surface area contributed by atoms with Crippen LogP contribution in [0.15, 0.2) is 48.5 Å². The van der Waals surface area contributed by atoms with E-state index in [1.807, 2.05) is 6.07 Å². The Morgan fingerprint density at radius 1 is 1.03 bits per heavy atom. The third-order valence-corrected chi connectivity index (χ3v) is 7.17. The average molecular weight is 495 g/mol. The number of fused-ring (bicyclic) bond motifs is 1. The maximum Gasteiger partial charge on any atom is 0.421 e. The normalized spacial score (nSPS) is 20.7. The summed E-state index contributed by atoms with van der Waals surface area (Å²) < 4.78 is 16.1. The Morgan fingerprint density at radius 3 is 2.42 bits per heavy atom. The molecule has 3 aliphatic rings. The zero-order chi connectivity index (χ0) is 25.3. The van der Waals surface area contributed by atoms with Crippen LogP contribution in [0.4, 0.5) is 5.69 Å². The van der Waals surface area contributed by atoms with Crippen LogP contribution in [0.1, 0.15) is 24.0 Å². The van der Waals surface area contributed by atoms with Crippen molar-refractivity contribution in [2.45, 2.75) is 37.6 Å². The third kappa shape index (κ3) is 4.81. The number of carbonyl (C=O) groups is 3. The van der Waals surface area contributed by atoms with E-state index in [0.29, 0.717) is 29.5 Å². The summed E-state index contributed by atoms with van der Waals surface area (Å²) in [5, 5.41) is 10.7. The standard InChI is InChI=1S/C27H30N2O7/c1-28-22-8-5-9-23(21(22)15-27(26(28)33)35-24(31)25(32)36-27)34-17-20(30)16-29-12-10-19(11-13-29)14-18-6-3-2-4-7-18/h2-9,19-20,30H,10-17H2,1H3. The fourth-order valence-electron chi connectivity index (χ4n) is 5.27. The molecule has 1 spiro atoms. The van der Waals surface area contributed by atoms with Crippen molar-refractivity contribution >= 4 is 23.5 Å². The van der Waals surface area contributed by atoms with Crippen molar-refractivity contribution in [3.8, 4) is 5.75 Å². The molecule has 0 aliphatic carbocycles. The molecule has 1 atom stereocenters. The van der Waals surface area contributed by atoms with Gasteiger partial charge in [-0.1, -0.05) is 36.4 Å². The molecule has 3 heterocycles. The molecule has 0 bridgehead atoms. The van der Waals surface area contributed by atoms with Crippen LogP contribution in [0.5, 0.6) is 5.75 Å². The molecule has 36 heavy (non-hydrogen) atoms. The Morgan fingerprint density at radius 2 is 1.72 bits per heavy atom. The Bertz CT molecular complexity index is 1130.